The molecule has 0 aromatic heterocycles. The highest BCUT2D eigenvalue weighted by molar-refractivity contribution is 5.82. The molecule has 0 fully saturated rings. The maximum absolute atomic E-state index is 11.0. The van der Waals surface area contributed by atoms with Gasteiger partial charge in [-0.25, -0.2) is 4.79 Å². The van der Waals surface area contributed by atoms with Gasteiger partial charge in [-0.3, -0.25) is 4.79 Å². The van der Waals surface area contributed by atoms with Crippen LogP contribution in [0.3, 0.4) is 0 Å². The lowest BCUT2D eigenvalue weighted by atomic mass is 10.1. The second-order valence-corrected chi connectivity index (χ2v) is 4.32. The lowest BCUT2D eigenvalue weighted by molar-refractivity contribution is -0.138. The molecule has 0 spiro atoms. The summed E-state index contributed by atoms with van der Waals surface area (Å²) in [6, 6.07) is 0. The number of hydrogen-bond donors (Lipinski definition) is 0. The number of esters is 2. The van der Waals surface area contributed by atoms with Gasteiger partial charge in [0, 0.05) is 12.5 Å². The molecule has 0 heterocycles. The van der Waals surface area contributed by atoms with Gasteiger partial charge in [0.15, 0.2) is 0 Å². The standard InChI is InChI=1S/C16H24O4/c1-3-19-15(17)13-11-9-7-5-6-8-10-12-14-16(18)20-4-2/h3-4,11,13H,1-2,5-10,12,14H2. The van der Waals surface area contributed by atoms with Crippen molar-refractivity contribution in [1.29, 1.82) is 0 Å². The largest absolute Gasteiger partial charge is 0.435 e. The van der Waals surface area contributed by atoms with Crippen molar-refractivity contribution in [3.8, 4) is 0 Å². The summed E-state index contributed by atoms with van der Waals surface area (Å²) < 4.78 is 9.17. The van der Waals surface area contributed by atoms with Gasteiger partial charge in [0.2, 0.25) is 0 Å². The molecule has 0 saturated carbocycles. The zero-order chi connectivity index (χ0) is 15.1. The van der Waals surface area contributed by atoms with E-state index in [1.54, 1.807) is 0 Å². The topological polar surface area (TPSA) is 52.6 Å². The summed E-state index contributed by atoms with van der Waals surface area (Å²) >= 11 is 0. The Labute approximate surface area is 121 Å². The van der Waals surface area contributed by atoms with E-state index in [9.17, 15) is 9.59 Å². The molecule has 4 nitrogen and oxygen atoms in total. The van der Waals surface area contributed by atoms with Crippen molar-refractivity contribution in [3.05, 3.63) is 37.8 Å². The molecule has 0 radical (unpaired) electrons. The van der Waals surface area contributed by atoms with Gasteiger partial charge in [0.1, 0.15) is 0 Å². The van der Waals surface area contributed by atoms with Crippen molar-refractivity contribution in [2.45, 2.75) is 51.4 Å². The molecule has 0 aromatic rings. The number of unbranched alkanes of at least 4 members (excludes halogenated alkanes) is 6. The number of rotatable bonds is 12. The lowest BCUT2D eigenvalue weighted by Crippen LogP contribution is -1.98. The van der Waals surface area contributed by atoms with E-state index in [0.29, 0.717) is 6.42 Å². The zero-order valence-corrected chi connectivity index (χ0v) is 12.0. The molecule has 0 atom stereocenters. The third-order valence-electron chi connectivity index (χ3n) is 2.67. The van der Waals surface area contributed by atoms with Gasteiger partial charge in [-0.15, -0.1) is 0 Å². The Bertz CT molecular complexity index is 331. The number of ether oxygens (including phenoxy) is 2. The highest BCUT2D eigenvalue weighted by Crippen LogP contribution is 2.09. The molecule has 0 amide bonds. The Morgan fingerprint density at radius 1 is 0.850 bits per heavy atom. The summed E-state index contributed by atoms with van der Waals surface area (Å²) in [6.07, 6.45) is 13.2. The average molecular weight is 280 g/mol. The molecule has 0 unspecified atom stereocenters. The Morgan fingerprint density at radius 2 is 1.45 bits per heavy atom. The molecule has 0 aliphatic rings. The minimum absolute atomic E-state index is 0.212. The predicted molar refractivity (Wildman–Crippen MR) is 78.7 cm³/mol. The molecule has 0 saturated heterocycles. The average Bonchev–Trinajstić information content (AvgIpc) is 2.41. The van der Waals surface area contributed by atoms with E-state index >= 15 is 0 Å². The van der Waals surface area contributed by atoms with Crippen LogP contribution in [-0.4, -0.2) is 11.9 Å². The van der Waals surface area contributed by atoms with Gasteiger partial charge < -0.3 is 9.47 Å². The number of hydrogen-bond acceptors (Lipinski definition) is 4. The molecule has 20 heavy (non-hydrogen) atoms. The van der Waals surface area contributed by atoms with Crippen LogP contribution < -0.4 is 0 Å². The Kier molecular flexibility index (Phi) is 12.3. The first-order valence-electron chi connectivity index (χ1n) is 6.99. The van der Waals surface area contributed by atoms with Crippen LogP contribution in [0.15, 0.2) is 37.8 Å². The van der Waals surface area contributed by atoms with E-state index in [2.05, 4.69) is 22.6 Å². The lowest BCUT2D eigenvalue weighted by Gasteiger charge is -2.00. The predicted octanol–water partition coefficient (Wildman–Crippen LogP) is 4.04. The molecule has 4 heteroatoms. The Balaban J connectivity index is 3.28. The summed E-state index contributed by atoms with van der Waals surface area (Å²) in [5.74, 6) is -0.594. The van der Waals surface area contributed by atoms with Crippen LogP contribution in [0.4, 0.5) is 0 Å². The molecular formula is C16H24O4. The van der Waals surface area contributed by atoms with Gasteiger partial charge in [-0.2, -0.15) is 0 Å². The SMILES string of the molecule is C=COC(=O)C=CCCCCCCCCC(=O)OC=C. The van der Waals surface area contributed by atoms with Gasteiger partial charge in [-0.05, 0) is 19.3 Å². The molecule has 0 rings (SSSR count). The van der Waals surface area contributed by atoms with Crippen molar-refractivity contribution in [2.24, 2.45) is 0 Å². The minimum Gasteiger partial charge on any atom is -0.435 e. The third kappa shape index (κ3) is 12.6. The van der Waals surface area contributed by atoms with Gasteiger partial charge in [0.05, 0.1) is 12.5 Å². The van der Waals surface area contributed by atoms with Crippen LogP contribution in [0, 0.1) is 0 Å². The van der Waals surface area contributed by atoms with Crippen molar-refractivity contribution in [1.82, 2.24) is 0 Å². The van der Waals surface area contributed by atoms with Crippen LogP contribution in [-0.2, 0) is 19.1 Å². The summed E-state index contributed by atoms with van der Waals surface area (Å²) in [6.45, 7) is 6.64. The maximum Gasteiger partial charge on any atom is 0.335 e. The molecule has 0 bridgehead atoms. The second kappa shape index (κ2) is 13.6. The fraction of sp³-hybridized carbons (Fsp3) is 0.500. The second-order valence-electron chi connectivity index (χ2n) is 4.32. The highest BCUT2D eigenvalue weighted by atomic mass is 16.5. The van der Waals surface area contributed by atoms with Crippen LogP contribution in [0.2, 0.25) is 0 Å². The van der Waals surface area contributed by atoms with Crippen molar-refractivity contribution >= 4 is 11.9 Å². The van der Waals surface area contributed by atoms with E-state index < -0.39 is 0 Å². The first-order chi connectivity index (χ1) is 9.70. The summed E-state index contributed by atoms with van der Waals surface area (Å²) in [7, 11) is 0. The molecular weight excluding hydrogens is 256 g/mol. The molecule has 0 aromatic carbocycles. The first-order valence-corrected chi connectivity index (χ1v) is 6.99. The Morgan fingerprint density at radius 3 is 2.10 bits per heavy atom. The summed E-state index contributed by atoms with van der Waals surface area (Å²) in [4.78, 5) is 21.9. The monoisotopic (exact) mass is 280 g/mol. The zero-order valence-electron chi connectivity index (χ0n) is 12.0. The molecule has 0 aliphatic carbocycles. The van der Waals surface area contributed by atoms with Crippen LogP contribution in [0.5, 0.6) is 0 Å². The van der Waals surface area contributed by atoms with Crippen LogP contribution in [0.1, 0.15) is 51.4 Å². The summed E-state index contributed by atoms with van der Waals surface area (Å²) in [5.41, 5.74) is 0. The van der Waals surface area contributed by atoms with Gasteiger partial charge in [0.25, 0.3) is 0 Å². The fourth-order valence-corrected chi connectivity index (χ4v) is 1.69. The normalized spacial score (nSPS) is 10.2. The number of carbonyl (C=O) groups is 2. The smallest absolute Gasteiger partial charge is 0.335 e. The van der Waals surface area contributed by atoms with E-state index in [4.69, 9.17) is 0 Å². The van der Waals surface area contributed by atoms with E-state index in [1.807, 2.05) is 6.08 Å². The van der Waals surface area contributed by atoms with Crippen molar-refractivity contribution < 1.29 is 19.1 Å². The van der Waals surface area contributed by atoms with E-state index in [0.717, 1.165) is 51.2 Å². The fourth-order valence-electron chi connectivity index (χ4n) is 1.69. The summed E-state index contributed by atoms with van der Waals surface area (Å²) in [5, 5.41) is 0. The van der Waals surface area contributed by atoms with Crippen molar-refractivity contribution in [3.63, 3.8) is 0 Å². The highest BCUT2D eigenvalue weighted by Gasteiger charge is 1.99. The molecule has 0 N–H and O–H groups in total. The first kappa shape index (κ1) is 18.2. The molecule has 112 valence electrons. The maximum atomic E-state index is 11.0. The Hall–Kier alpha value is -1.84. The van der Waals surface area contributed by atoms with Crippen molar-refractivity contribution in [2.75, 3.05) is 0 Å². The number of carbonyl (C=O) groups excluding carboxylic acids is 2. The van der Waals surface area contributed by atoms with Gasteiger partial charge in [-0.1, -0.05) is 44.9 Å². The van der Waals surface area contributed by atoms with E-state index in [-0.39, 0.29) is 11.9 Å². The number of allylic oxidation sites excluding steroid dienone is 1. The van der Waals surface area contributed by atoms with Gasteiger partial charge >= 0.3 is 11.9 Å². The van der Waals surface area contributed by atoms with E-state index in [1.165, 1.54) is 12.3 Å². The van der Waals surface area contributed by atoms with Crippen LogP contribution >= 0.6 is 0 Å². The third-order valence-corrected chi connectivity index (χ3v) is 2.67. The molecule has 0 aliphatic heterocycles. The van der Waals surface area contributed by atoms with Crippen LogP contribution in [0.25, 0.3) is 0 Å². The quantitative estimate of drug-likeness (QED) is 0.234. The minimum atomic E-state index is -0.383.